The Labute approximate surface area is 115 Å². The van der Waals surface area contributed by atoms with Gasteiger partial charge < -0.3 is 14.2 Å². The van der Waals surface area contributed by atoms with Gasteiger partial charge >= 0.3 is 23.9 Å². The number of hydrogen-bond donors (Lipinski definition) is 0. The molecule has 0 amide bonds. The zero-order valence-corrected chi connectivity index (χ0v) is 11.5. The van der Waals surface area contributed by atoms with Crippen LogP contribution >= 0.6 is 15.9 Å². The highest BCUT2D eigenvalue weighted by Crippen LogP contribution is 2.04. The maximum Gasteiger partial charge on any atom is 0.364 e. The molecule has 0 aliphatic rings. The largest absolute Gasteiger partial charge is 0.466 e. The molecule has 0 aromatic rings. The number of carbonyl (C=O) groups excluding carboxylic acids is 5. The number of carbonyl (C=O) groups is 5. The van der Waals surface area contributed by atoms with E-state index in [-0.39, 0.29) is 0 Å². The van der Waals surface area contributed by atoms with Crippen molar-refractivity contribution < 1.29 is 38.2 Å². The van der Waals surface area contributed by atoms with Gasteiger partial charge in [-0.1, -0.05) is 0 Å². The number of halogens is 1. The monoisotopic (exact) mass is 336 g/mol. The number of esters is 4. The zero-order valence-electron chi connectivity index (χ0n) is 9.88. The number of rotatable bonds is 5. The summed E-state index contributed by atoms with van der Waals surface area (Å²) in [7, 11) is 1.09. The highest BCUT2D eigenvalue weighted by Gasteiger charge is 2.31. The van der Waals surface area contributed by atoms with E-state index in [0.717, 1.165) is 20.1 Å². The van der Waals surface area contributed by atoms with Gasteiger partial charge in [0, 0.05) is 19.1 Å². The van der Waals surface area contributed by atoms with Gasteiger partial charge in [-0.3, -0.25) is 9.59 Å². The summed E-state index contributed by atoms with van der Waals surface area (Å²) in [4.78, 5) is 54.7. The molecule has 0 aliphatic heterocycles. The molecule has 0 N–H and O–H groups in total. The highest BCUT2D eigenvalue weighted by atomic mass is 79.9. The van der Waals surface area contributed by atoms with Crippen LogP contribution in [0.1, 0.15) is 6.92 Å². The Morgan fingerprint density at radius 1 is 1.05 bits per heavy atom. The predicted molar refractivity (Wildman–Crippen MR) is 61.7 cm³/mol. The molecule has 0 fully saturated rings. The fourth-order valence-corrected chi connectivity index (χ4v) is 1.02. The molecule has 0 aliphatic carbocycles. The molecule has 0 saturated carbocycles. The molecule has 19 heavy (non-hydrogen) atoms. The smallest absolute Gasteiger partial charge is 0.364 e. The Kier molecular flexibility index (Phi) is 7.27. The highest BCUT2D eigenvalue weighted by molar-refractivity contribution is 9.18. The molecule has 9 heteroatoms. The van der Waals surface area contributed by atoms with Gasteiger partial charge in [-0.05, 0) is 15.9 Å². The third kappa shape index (κ3) is 7.09. The molecule has 0 radical (unpaired) electrons. The Bertz CT molecular complexity index is 439. The Hall–Kier alpha value is -2.03. The topological polar surface area (TPSA) is 113 Å². The lowest BCUT2D eigenvalue weighted by atomic mass is 10.4. The van der Waals surface area contributed by atoms with E-state index >= 15 is 0 Å². The van der Waals surface area contributed by atoms with Crippen LogP contribution in [0.3, 0.4) is 0 Å². The zero-order chi connectivity index (χ0) is 15.0. The van der Waals surface area contributed by atoms with Gasteiger partial charge in [-0.25, -0.2) is 14.4 Å². The minimum absolute atomic E-state index is 0.649. The van der Waals surface area contributed by atoms with Gasteiger partial charge in [0.15, 0.2) is 0 Å². The van der Waals surface area contributed by atoms with Gasteiger partial charge in [0.25, 0.3) is 6.10 Å². The van der Waals surface area contributed by atoms with Gasteiger partial charge in [-0.2, -0.15) is 0 Å². The van der Waals surface area contributed by atoms with E-state index in [1.54, 1.807) is 0 Å². The van der Waals surface area contributed by atoms with Gasteiger partial charge in [0.2, 0.25) is 4.69 Å². The van der Waals surface area contributed by atoms with E-state index in [1.165, 1.54) is 0 Å². The molecule has 1 unspecified atom stereocenters. The summed E-state index contributed by atoms with van der Waals surface area (Å²) in [5.41, 5.74) is 0. The molecule has 0 aromatic heterocycles. The van der Waals surface area contributed by atoms with E-state index in [0.29, 0.717) is 6.08 Å². The first-order valence-electron chi connectivity index (χ1n) is 4.66. The quantitative estimate of drug-likeness (QED) is 0.220. The average molecular weight is 337 g/mol. The number of methoxy groups -OCH3 is 1. The SMILES string of the molecule is COC(=O)C=CC(=O)OC(C(=O)Br)C(=O)OC(C)=O. The van der Waals surface area contributed by atoms with Crippen molar-refractivity contribution in [2.45, 2.75) is 13.0 Å². The second-order valence-electron chi connectivity index (χ2n) is 2.89. The van der Waals surface area contributed by atoms with Crippen LogP contribution in [0.25, 0.3) is 0 Å². The number of hydrogen-bond acceptors (Lipinski definition) is 8. The van der Waals surface area contributed by atoms with Crippen LogP contribution in [0.2, 0.25) is 0 Å². The van der Waals surface area contributed by atoms with E-state index in [4.69, 9.17) is 0 Å². The van der Waals surface area contributed by atoms with Gasteiger partial charge in [0.1, 0.15) is 0 Å². The molecule has 8 nitrogen and oxygen atoms in total. The molecule has 0 aromatic carbocycles. The van der Waals surface area contributed by atoms with Crippen molar-refractivity contribution in [3.63, 3.8) is 0 Å². The first-order chi connectivity index (χ1) is 8.77. The molecule has 0 saturated heterocycles. The van der Waals surface area contributed by atoms with Crippen LogP contribution in [-0.4, -0.2) is 41.8 Å². The van der Waals surface area contributed by atoms with Crippen molar-refractivity contribution in [1.82, 2.24) is 0 Å². The summed E-state index contributed by atoms with van der Waals surface area (Å²) in [6, 6.07) is 0. The van der Waals surface area contributed by atoms with Gasteiger partial charge in [0.05, 0.1) is 7.11 Å². The summed E-state index contributed by atoms with van der Waals surface area (Å²) in [6.07, 6.45) is -0.566. The summed E-state index contributed by atoms with van der Waals surface area (Å²) in [6.45, 7) is 0.937. The lowest BCUT2D eigenvalue weighted by Gasteiger charge is -2.10. The summed E-state index contributed by atoms with van der Waals surface area (Å²) in [5, 5.41) is 0. The Morgan fingerprint density at radius 2 is 1.58 bits per heavy atom. The minimum atomic E-state index is -1.95. The van der Waals surface area contributed by atoms with Crippen LogP contribution in [0.5, 0.6) is 0 Å². The fourth-order valence-electron chi connectivity index (χ4n) is 0.742. The van der Waals surface area contributed by atoms with Crippen LogP contribution < -0.4 is 0 Å². The third-order valence-corrected chi connectivity index (χ3v) is 1.87. The van der Waals surface area contributed by atoms with Crippen molar-refractivity contribution in [1.29, 1.82) is 0 Å². The summed E-state index contributed by atoms with van der Waals surface area (Å²) in [5.74, 6) is -4.31. The first kappa shape index (κ1) is 17.0. The van der Waals surface area contributed by atoms with E-state index in [2.05, 4.69) is 30.1 Å². The molecule has 0 rings (SSSR count). The normalized spacial score (nSPS) is 11.5. The van der Waals surface area contributed by atoms with Crippen LogP contribution in [0.15, 0.2) is 12.2 Å². The Morgan fingerprint density at radius 3 is 2.00 bits per heavy atom. The van der Waals surface area contributed by atoms with Crippen LogP contribution in [0.4, 0.5) is 0 Å². The van der Waals surface area contributed by atoms with Crippen molar-refractivity contribution in [3.8, 4) is 0 Å². The van der Waals surface area contributed by atoms with E-state index in [1.807, 2.05) is 0 Å². The molecular weight excluding hydrogens is 328 g/mol. The first-order valence-corrected chi connectivity index (χ1v) is 5.45. The van der Waals surface area contributed by atoms with Crippen LogP contribution in [-0.2, 0) is 38.2 Å². The molecule has 104 valence electrons. The van der Waals surface area contributed by atoms with Crippen LogP contribution in [0, 0.1) is 0 Å². The molecule has 0 bridgehead atoms. The van der Waals surface area contributed by atoms with Crippen molar-refractivity contribution in [2.24, 2.45) is 0 Å². The number of ether oxygens (including phenoxy) is 3. The second-order valence-corrected chi connectivity index (χ2v) is 3.67. The maximum atomic E-state index is 11.2. The molecule has 0 heterocycles. The van der Waals surface area contributed by atoms with Gasteiger partial charge in [-0.15, -0.1) is 0 Å². The third-order valence-electron chi connectivity index (χ3n) is 1.46. The fraction of sp³-hybridized carbons (Fsp3) is 0.300. The summed E-state index contributed by atoms with van der Waals surface area (Å²) < 4.78 is 11.7. The molecule has 1 atom stereocenters. The lowest BCUT2D eigenvalue weighted by Crippen LogP contribution is -2.34. The average Bonchev–Trinajstić information content (AvgIpc) is 2.31. The Balaban J connectivity index is 4.68. The maximum absolute atomic E-state index is 11.2. The second kappa shape index (κ2) is 8.14. The van der Waals surface area contributed by atoms with Crippen molar-refractivity contribution in [3.05, 3.63) is 12.2 Å². The van der Waals surface area contributed by atoms with E-state index < -0.39 is 34.7 Å². The lowest BCUT2D eigenvalue weighted by molar-refractivity contribution is -0.171. The predicted octanol–water partition coefficient (Wildman–Crippen LogP) is -0.361. The minimum Gasteiger partial charge on any atom is -0.466 e. The molecular formula is C10H9BrO8. The van der Waals surface area contributed by atoms with Crippen molar-refractivity contribution in [2.75, 3.05) is 7.11 Å². The standard InChI is InChI=1S/C10H9BrO8/c1-5(12)18-10(16)8(9(11)15)19-7(14)4-3-6(13)17-2/h3-4,8H,1-2H3. The van der Waals surface area contributed by atoms with Crippen molar-refractivity contribution >= 4 is 44.5 Å². The van der Waals surface area contributed by atoms with E-state index in [9.17, 15) is 24.0 Å². The summed E-state index contributed by atoms with van der Waals surface area (Å²) >= 11 is 2.41. The molecule has 0 spiro atoms.